The maximum Gasteiger partial charge on any atom is 0.146 e. The van der Waals surface area contributed by atoms with E-state index in [1.54, 1.807) is 30.6 Å². The third kappa shape index (κ3) is 4.47. The number of rotatable bonds is 5. The molecule has 0 unspecified atom stereocenters. The first-order valence-electron chi connectivity index (χ1n) is 10.0. The van der Waals surface area contributed by atoms with Gasteiger partial charge >= 0.3 is 0 Å². The van der Waals surface area contributed by atoms with E-state index in [1.807, 2.05) is 6.07 Å². The number of para-hydroxylation sites is 1. The Balaban J connectivity index is 1.49. The molecule has 2 aromatic carbocycles. The fourth-order valence-electron chi connectivity index (χ4n) is 3.88. The number of nitrogens with zero attached hydrogens (tertiary/aromatic N) is 3. The fraction of sp³-hybridized carbons (Fsp3) is 0.292. The molecule has 2 heterocycles. The van der Waals surface area contributed by atoms with E-state index in [9.17, 15) is 9.50 Å². The lowest BCUT2D eigenvalue weighted by molar-refractivity contribution is 0.218. The van der Waals surface area contributed by atoms with E-state index in [-0.39, 0.29) is 5.82 Å². The molecule has 0 saturated carbocycles. The molecule has 29 heavy (non-hydrogen) atoms. The second-order valence-corrected chi connectivity index (χ2v) is 7.62. The van der Waals surface area contributed by atoms with Gasteiger partial charge in [-0.2, -0.15) is 0 Å². The summed E-state index contributed by atoms with van der Waals surface area (Å²) in [4.78, 5) is 8.52. The van der Waals surface area contributed by atoms with Crippen LogP contribution in [0.25, 0.3) is 0 Å². The zero-order chi connectivity index (χ0) is 20.2. The van der Waals surface area contributed by atoms with Crippen molar-refractivity contribution in [2.75, 3.05) is 31.1 Å². The molecule has 1 atom stereocenters. The largest absolute Gasteiger partial charge is 0.384 e. The topological polar surface area (TPSA) is 39.6 Å². The van der Waals surface area contributed by atoms with E-state index in [2.05, 4.69) is 46.0 Å². The number of aryl methyl sites for hydroxylation is 1. The molecule has 0 aliphatic carbocycles. The van der Waals surface area contributed by atoms with E-state index in [1.165, 1.54) is 17.2 Å². The van der Waals surface area contributed by atoms with Crippen LogP contribution in [0.5, 0.6) is 0 Å². The number of benzene rings is 2. The predicted octanol–water partition coefficient (Wildman–Crippen LogP) is 3.93. The number of aliphatic hydroxyl groups is 1. The van der Waals surface area contributed by atoms with Gasteiger partial charge in [-0.3, -0.25) is 9.88 Å². The summed E-state index contributed by atoms with van der Waals surface area (Å²) in [6.07, 6.45) is 2.38. The van der Waals surface area contributed by atoms with Crippen molar-refractivity contribution in [2.24, 2.45) is 0 Å². The Hall–Kier alpha value is -2.76. The van der Waals surface area contributed by atoms with Crippen LogP contribution in [0.1, 0.15) is 28.4 Å². The second-order valence-electron chi connectivity index (χ2n) is 7.62. The molecule has 0 radical (unpaired) electrons. The van der Waals surface area contributed by atoms with Crippen molar-refractivity contribution >= 4 is 5.69 Å². The van der Waals surface area contributed by atoms with Crippen LogP contribution in [0.15, 0.2) is 67.0 Å². The van der Waals surface area contributed by atoms with Crippen molar-refractivity contribution in [3.8, 4) is 0 Å². The van der Waals surface area contributed by atoms with Crippen LogP contribution in [0.3, 0.4) is 0 Å². The molecule has 0 bridgehead atoms. The first-order valence-corrected chi connectivity index (χ1v) is 10.0. The van der Waals surface area contributed by atoms with Gasteiger partial charge in [-0.05, 0) is 24.6 Å². The quantitative estimate of drug-likeness (QED) is 0.715. The summed E-state index contributed by atoms with van der Waals surface area (Å²) in [6.45, 7) is 6.14. The maximum atomic E-state index is 14.8. The Labute approximate surface area is 171 Å². The van der Waals surface area contributed by atoms with Gasteiger partial charge in [0.05, 0.1) is 5.69 Å². The summed E-state index contributed by atoms with van der Waals surface area (Å²) in [7, 11) is 0. The Morgan fingerprint density at radius 2 is 1.76 bits per heavy atom. The van der Waals surface area contributed by atoms with Crippen molar-refractivity contribution in [3.63, 3.8) is 0 Å². The van der Waals surface area contributed by atoms with Gasteiger partial charge in [0.2, 0.25) is 0 Å². The van der Waals surface area contributed by atoms with Gasteiger partial charge < -0.3 is 10.0 Å². The molecule has 1 aromatic heterocycles. The number of anilines is 1. The molecule has 1 N–H and O–H groups in total. The molecule has 3 aromatic rings. The van der Waals surface area contributed by atoms with Crippen molar-refractivity contribution < 1.29 is 9.50 Å². The van der Waals surface area contributed by atoms with Crippen LogP contribution in [-0.4, -0.2) is 41.2 Å². The number of pyridine rings is 1. The molecule has 1 saturated heterocycles. The van der Waals surface area contributed by atoms with Crippen LogP contribution >= 0.6 is 0 Å². The first kappa shape index (κ1) is 19.6. The van der Waals surface area contributed by atoms with Crippen molar-refractivity contribution in [1.82, 2.24) is 9.88 Å². The maximum absolute atomic E-state index is 14.8. The molecular formula is C24H26FN3O. The summed E-state index contributed by atoms with van der Waals surface area (Å²) in [6, 6.07) is 17.1. The van der Waals surface area contributed by atoms with Crippen molar-refractivity contribution in [1.29, 1.82) is 0 Å². The van der Waals surface area contributed by atoms with Gasteiger partial charge in [0.1, 0.15) is 11.9 Å². The fourth-order valence-corrected chi connectivity index (χ4v) is 3.88. The Morgan fingerprint density at radius 3 is 2.45 bits per heavy atom. The van der Waals surface area contributed by atoms with Crippen LogP contribution in [0, 0.1) is 12.7 Å². The van der Waals surface area contributed by atoms with Crippen LogP contribution in [0.2, 0.25) is 0 Å². The lowest BCUT2D eigenvalue weighted by atomic mass is 9.99. The number of hydrogen-bond acceptors (Lipinski definition) is 4. The van der Waals surface area contributed by atoms with Crippen molar-refractivity contribution in [3.05, 3.63) is 95.1 Å². The van der Waals surface area contributed by atoms with Gasteiger partial charge in [0.15, 0.2) is 0 Å². The van der Waals surface area contributed by atoms with Gasteiger partial charge in [0.25, 0.3) is 0 Å². The predicted molar refractivity (Wildman–Crippen MR) is 113 cm³/mol. The van der Waals surface area contributed by atoms with E-state index >= 15 is 0 Å². The zero-order valence-corrected chi connectivity index (χ0v) is 16.6. The van der Waals surface area contributed by atoms with E-state index < -0.39 is 6.10 Å². The van der Waals surface area contributed by atoms with Gasteiger partial charge in [-0.25, -0.2) is 4.39 Å². The zero-order valence-electron chi connectivity index (χ0n) is 16.6. The molecule has 1 fully saturated rings. The highest BCUT2D eigenvalue weighted by atomic mass is 19.1. The summed E-state index contributed by atoms with van der Waals surface area (Å²) in [5, 5.41) is 10.9. The minimum atomic E-state index is -0.903. The van der Waals surface area contributed by atoms with Gasteiger partial charge in [0, 0.05) is 56.2 Å². The third-order valence-corrected chi connectivity index (χ3v) is 5.53. The summed E-state index contributed by atoms with van der Waals surface area (Å²) >= 11 is 0. The number of aliphatic hydroxyl groups excluding tert-OH is 1. The minimum absolute atomic E-state index is 0.294. The average Bonchev–Trinajstić information content (AvgIpc) is 2.76. The molecule has 5 heteroatoms. The lowest BCUT2D eigenvalue weighted by Gasteiger charge is -2.37. The molecule has 0 amide bonds. The highest BCUT2D eigenvalue weighted by Crippen LogP contribution is 2.33. The molecule has 4 nitrogen and oxygen atoms in total. The highest BCUT2D eigenvalue weighted by molar-refractivity contribution is 5.58. The number of halogens is 1. The van der Waals surface area contributed by atoms with E-state index in [4.69, 9.17) is 0 Å². The van der Waals surface area contributed by atoms with Crippen LogP contribution < -0.4 is 4.90 Å². The Kier molecular flexibility index (Phi) is 5.88. The molecule has 4 rings (SSSR count). The highest BCUT2D eigenvalue weighted by Gasteiger charge is 2.25. The molecule has 0 spiro atoms. The number of piperazine rings is 1. The molecule has 150 valence electrons. The van der Waals surface area contributed by atoms with Crippen LogP contribution in [0.4, 0.5) is 10.1 Å². The van der Waals surface area contributed by atoms with Gasteiger partial charge in [-0.1, -0.05) is 48.0 Å². The summed E-state index contributed by atoms with van der Waals surface area (Å²) < 4.78 is 14.8. The number of aromatic nitrogens is 1. The Bertz CT molecular complexity index is 938. The Morgan fingerprint density at radius 1 is 1.00 bits per heavy atom. The molecular weight excluding hydrogens is 365 g/mol. The minimum Gasteiger partial charge on any atom is -0.384 e. The summed E-state index contributed by atoms with van der Waals surface area (Å²) in [5.41, 5.74) is 4.31. The molecule has 1 aliphatic rings. The average molecular weight is 391 g/mol. The van der Waals surface area contributed by atoms with Crippen molar-refractivity contribution in [2.45, 2.75) is 19.6 Å². The number of hydrogen-bond donors (Lipinski definition) is 1. The van der Waals surface area contributed by atoms with E-state index in [0.717, 1.165) is 32.7 Å². The summed E-state index contributed by atoms with van der Waals surface area (Å²) in [5.74, 6) is -0.294. The second kappa shape index (κ2) is 8.72. The third-order valence-electron chi connectivity index (χ3n) is 5.53. The van der Waals surface area contributed by atoms with Gasteiger partial charge in [-0.15, -0.1) is 0 Å². The first-order chi connectivity index (χ1) is 14.1. The standard InChI is InChI=1S/C24H26FN3O/c1-18-7-9-19(10-8-18)17-27-12-14-28(15-13-27)23-21(5-2-6-22(23)25)24(29)20-4-3-11-26-16-20/h2-11,16,24,29H,12-15,17H2,1H3/t24-/m0/s1. The SMILES string of the molecule is Cc1ccc(CN2CCN(c3c(F)cccc3[C@@H](O)c3cccnc3)CC2)cc1. The normalized spacial score (nSPS) is 16.0. The lowest BCUT2D eigenvalue weighted by Crippen LogP contribution is -2.46. The smallest absolute Gasteiger partial charge is 0.146 e. The van der Waals surface area contributed by atoms with Crippen LogP contribution in [-0.2, 0) is 6.54 Å². The molecule has 1 aliphatic heterocycles. The van der Waals surface area contributed by atoms with E-state index in [0.29, 0.717) is 16.8 Å². The monoisotopic (exact) mass is 391 g/mol.